The van der Waals surface area contributed by atoms with Gasteiger partial charge in [0.25, 0.3) is 0 Å². The molecule has 0 spiro atoms. The lowest BCUT2D eigenvalue weighted by atomic mass is 9.95. The van der Waals surface area contributed by atoms with E-state index in [-0.39, 0.29) is 71.0 Å². The molecule has 0 atom stereocenters. The molecule has 3 N–H and O–H groups in total. The van der Waals surface area contributed by atoms with Gasteiger partial charge in [-0.1, -0.05) is 41.4 Å². The van der Waals surface area contributed by atoms with Crippen LogP contribution in [0.2, 0.25) is 10.0 Å². The maximum Gasteiger partial charge on any atom is 0.339 e. The number of allylic oxidation sites excluding steroid dienone is 4. The lowest BCUT2D eigenvalue weighted by molar-refractivity contribution is -0.122. The molecule has 0 unspecified atom stereocenters. The number of carbonyl (C=O) groups excluding carboxylic acids is 4. The summed E-state index contributed by atoms with van der Waals surface area (Å²) >= 11 is 12.6. The van der Waals surface area contributed by atoms with Crippen LogP contribution in [0.15, 0.2) is 54.6 Å². The molecule has 5 rings (SSSR count). The Bertz CT molecular complexity index is 2040. The van der Waals surface area contributed by atoms with Gasteiger partial charge in [0.15, 0.2) is 17.4 Å². The van der Waals surface area contributed by atoms with Gasteiger partial charge in [0.2, 0.25) is 5.91 Å². The van der Waals surface area contributed by atoms with E-state index in [1.807, 2.05) is 45.0 Å². The summed E-state index contributed by atoms with van der Waals surface area (Å²) in [6.45, 7) is 7.57. The molecule has 1 amide bonds. The first kappa shape index (κ1) is 36.7. The van der Waals surface area contributed by atoms with E-state index in [9.17, 15) is 19.2 Å². The monoisotopic (exact) mass is 721 g/mol. The number of carbonyl (C=O) groups is 4. The van der Waals surface area contributed by atoms with Crippen LogP contribution in [0.25, 0.3) is 27.5 Å². The van der Waals surface area contributed by atoms with Crippen molar-refractivity contribution in [3.05, 3.63) is 81.6 Å². The van der Waals surface area contributed by atoms with Crippen molar-refractivity contribution >= 4 is 80.0 Å². The normalized spacial score (nSPS) is 13.3. The van der Waals surface area contributed by atoms with Crippen molar-refractivity contribution in [2.45, 2.75) is 52.4 Å². The van der Waals surface area contributed by atoms with Gasteiger partial charge >= 0.3 is 5.97 Å². The zero-order valence-electron chi connectivity index (χ0n) is 27.9. The molecule has 50 heavy (non-hydrogen) atoms. The van der Waals surface area contributed by atoms with Crippen LogP contribution in [0.5, 0.6) is 0 Å². The topological polar surface area (TPSA) is 165 Å². The number of halogens is 2. The summed E-state index contributed by atoms with van der Waals surface area (Å²) in [4.78, 5) is 58.7. The van der Waals surface area contributed by atoms with Gasteiger partial charge in [0.1, 0.15) is 17.9 Å². The van der Waals surface area contributed by atoms with Gasteiger partial charge in [-0.2, -0.15) is 0 Å². The molecule has 1 aliphatic carbocycles. The van der Waals surface area contributed by atoms with Gasteiger partial charge in [-0.3, -0.25) is 14.4 Å². The highest BCUT2D eigenvalue weighted by atomic mass is 35.5. The van der Waals surface area contributed by atoms with Crippen molar-refractivity contribution in [3.8, 4) is 0 Å². The van der Waals surface area contributed by atoms with E-state index < -0.39 is 17.4 Å². The van der Waals surface area contributed by atoms with Crippen LogP contribution >= 0.6 is 23.2 Å². The summed E-state index contributed by atoms with van der Waals surface area (Å²) in [6, 6.07) is 10.5. The number of aromatic nitrogens is 3. The Morgan fingerprint density at radius 2 is 1.84 bits per heavy atom. The van der Waals surface area contributed by atoms with Crippen molar-refractivity contribution in [2.75, 3.05) is 32.1 Å². The number of hydrogen-bond donors (Lipinski definition) is 2. The highest BCUT2D eigenvalue weighted by molar-refractivity contribution is 6.42. The lowest BCUT2D eigenvalue weighted by Crippen LogP contribution is -2.35. The molecule has 1 aliphatic rings. The Morgan fingerprint density at radius 1 is 1.06 bits per heavy atom. The van der Waals surface area contributed by atoms with Crippen LogP contribution in [0.1, 0.15) is 55.4 Å². The predicted octanol–water partition coefficient (Wildman–Crippen LogP) is 5.65. The largest absolute Gasteiger partial charge is 0.462 e. The maximum absolute atomic E-state index is 12.8. The molecule has 2 heterocycles. The highest BCUT2D eigenvalue weighted by Gasteiger charge is 2.26. The SMILES string of the molecule is CCOCc1nc2c(N)nc3ccccc3c2n1CC(C)(C)OCCNC(=O)CCCOC(=O)c1cc(Cl)cc(C2=CC(=O)C=CC2=O)c1Cl. The number of esters is 1. The highest BCUT2D eigenvalue weighted by Crippen LogP contribution is 2.34. The van der Waals surface area contributed by atoms with Crippen LogP contribution in [-0.4, -0.2) is 69.9 Å². The van der Waals surface area contributed by atoms with E-state index in [0.29, 0.717) is 36.9 Å². The number of pyridine rings is 1. The summed E-state index contributed by atoms with van der Waals surface area (Å²) in [6.07, 6.45) is 3.76. The minimum atomic E-state index is -0.775. The van der Waals surface area contributed by atoms with E-state index in [1.165, 1.54) is 12.1 Å². The Morgan fingerprint density at radius 3 is 2.62 bits per heavy atom. The zero-order valence-corrected chi connectivity index (χ0v) is 29.4. The summed E-state index contributed by atoms with van der Waals surface area (Å²) in [5.41, 5.74) is 8.00. The molecular weight excluding hydrogens is 685 g/mol. The maximum atomic E-state index is 12.8. The van der Waals surface area contributed by atoms with Crippen molar-refractivity contribution in [1.29, 1.82) is 0 Å². The number of nitrogens with two attached hydrogens (primary N) is 1. The molecule has 0 fully saturated rings. The second-order valence-corrected chi connectivity index (χ2v) is 12.9. The second kappa shape index (κ2) is 15.9. The number of amides is 1. The number of nitrogens with one attached hydrogen (secondary N) is 1. The number of ether oxygens (including phenoxy) is 3. The van der Waals surface area contributed by atoms with Crippen LogP contribution in [0.3, 0.4) is 0 Å². The third-order valence-corrected chi connectivity index (χ3v) is 8.49. The van der Waals surface area contributed by atoms with Crippen molar-refractivity contribution < 1.29 is 33.4 Å². The molecule has 4 aromatic rings. The number of nitrogen functional groups attached to an aromatic ring is 1. The number of anilines is 1. The molecule has 12 nitrogen and oxygen atoms in total. The summed E-state index contributed by atoms with van der Waals surface area (Å²) in [7, 11) is 0. The molecular formula is C36H37Cl2N5O7. The molecule has 0 bridgehead atoms. The van der Waals surface area contributed by atoms with Crippen LogP contribution in [0.4, 0.5) is 5.82 Å². The number of ketones is 2. The number of nitrogens with zero attached hydrogens (tertiary/aromatic N) is 3. The fourth-order valence-corrected chi connectivity index (χ4v) is 6.05. The molecule has 2 aromatic carbocycles. The van der Waals surface area contributed by atoms with Gasteiger partial charge in [-0.15, -0.1) is 0 Å². The van der Waals surface area contributed by atoms with Crippen LogP contribution in [0, 0.1) is 0 Å². The minimum absolute atomic E-state index is 0.0287. The van der Waals surface area contributed by atoms with E-state index in [1.54, 1.807) is 0 Å². The molecule has 0 saturated heterocycles. The average Bonchev–Trinajstić information content (AvgIpc) is 3.44. The van der Waals surface area contributed by atoms with E-state index in [0.717, 1.165) is 34.6 Å². The van der Waals surface area contributed by atoms with Gasteiger partial charge in [-0.05, 0) is 63.6 Å². The number of hydrogen-bond acceptors (Lipinski definition) is 10. The Balaban J connectivity index is 1.11. The summed E-state index contributed by atoms with van der Waals surface area (Å²) < 4.78 is 19.3. The van der Waals surface area contributed by atoms with Crippen LogP contribution in [-0.2, 0) is 41.7 Å². The molecule has 2 aromatic heterocycles. The quantitative estimate of drug-likeness (QED) is 0.0890. The van der Waals surface area contributed by atoms with Crippen LogP contribution < -0.4 is 11.1 Å². The molecule has 0 radical (unpaired) electrons. The van der Waals surface area contributed by atoms with Gasteiger partial charge < -0.3 is 29.8 Å². The van der Waals surface area contributed by atoms with Gasteiger partial charge in [0, 0.05) is 41.1 Å². The number of benzene rings is 2. The fourth-order valence-electron chi connectivity index (χ4n) is 5.54. The first-order valence-corrected chi connectivity index (χ1v) is 16.8. The fraction of sp³-hybridized carbons (Fsp3) is 0.333. The third-order valence-electron chi connectivity index (χ3n) is 7.86. The minimum Gasteiger partial charge on any atom is -0.462 e. The lowest BCUT2D eigenvalue weighted by Gasteiger charge is -2.27. The van der Waals surface area contributed by atoms with Crippen molar-refractivity contribution in [1.82, 2.24) is 19.9 Å². The molecule has 14 heteroatoms. The standard InChI is InChI=1S/C36H37Cl2N5O7/c1-4-48-19-29-42-32-33(23-8-5-6-9-27(23)41-34(32)39)43(29)20-36(2,3)50-15-13-40-30(46)10-7-14-49-35(47)26-17-21(37)16-25(31(26)38)24-18-22(44)11-12-28(24)45/h5-6,8-9,11-12,16-18H,4,7,10,13-15,19-20H2,1-3H3,(H2,39,41)(H,40,46). The van der Waals surface area contributed by atoms with E-state index in [2.05, 4.69) is 14.9 Å². The average molecular weight is 723 g/mol. The van der Waals surface area contributed by atoms with Gasteiger partial charge in [-0.25, -0.2) is 14.8 Å². The Hall–Kier alpha value is -4.62. The third kappa shape index (κ3) is 8.56. The predicted molar refractivity (Wildman–Crippen MR) is 191 cm³/mol. The van der Waals surface area contributed by atoms with E-state index in [4.69, 9.17) is 48.1 Å². The molecule has 262 valence electrons. The first-order chi connectivity index (χ1) is 23.9. The zero-order chi connectivity index (χ0) is 36.0. The van der Waals surface area contributed by atoms with Crippen molar-refractivity contribution in [3.63, 3.8) is 0 Å². The van der Waals surface area contributed by atoms with Crippen molar-refractivity contribution in [2.24, 2.45) is 0 Å². The second-order valence-electron chi connectivity index (χ2n) is 12.1. The van der Waals surface area contributed by atoms with E-state index >= 15 is 0 Å². The number of para-hydroxylation sites is 1. The number of fused-ring (bicyclic) bond motifs is 3. The smallest absolute Gasteiger partial charge is 0.339 e. The summed E-state index contributed by atoms with van der Waals surface area (Å²) in [5.74, 6) is -0.788. The van der Waals surface area contributed by atoms with Gasteiger partial charge in [0.05, 0.1) is 47.0 Å². The Kier molecular flexibility index (Phi) is 11.7. The Labute approximate surface area is 298 Å². The molecule has 0 aliphatic heterocycles. The first-order valence-electron chi connectivity index (χ1n) is 16.0. The summed E-state index contributed by atoms with van der Waals surface area (Å²) in [5, 5.41) is 3.82. The molecule has 0 saturated carbocycles. The number of imidazole rings is 1. The number of rotatable bonds is 15.